The zero-order valence-electron chi connectivity index (χ0n) is 17.6. The Morgan fingerprint density at radius 3 is 2.35 bits per heavy atom. The topological polar surface area (TPSA) is 97.4 Å². The molecule has 1 heterocycles. The van der Waals surface area contributed by atoms with Gasteiger partial charge in [-0.1, -0.05) is 29.8 Å². The number of hydrogen-bond donors (Lipinski definition) is 2. The minimum atomic E-state index is -3.65. The molecule has 3 rings (SSSR count). The molecule has 3 aromatic rings. The number of nitrogens with zero attached hydrogens (tertiary/aromatic N) is 1. The summed E-state index contributed by atoms with van der Waals surface area (Å²) in [6.07, 6.45) is 0.194. The third-order valence-electron chi connectivity index (χ3n) is 4.56. The highest BCUT2D eigenvalue weighted by Crippen LogP contribution is 2.28. The molecule has 7 nitrogen and oxygen atoms in total. The van der Waals surface area contributed by atoms with Gasteiger partial charge in [-0.3, -0.25) is 4.79 Å². The number of thiazole rings is 1. The lowest BCUT2D eigenvalue weighted by molar-refractivity contribution is -0.120. The number of sulfonamides is 1. The molecule has 0 unspecified atom stereocenters. The first-order valence-electron chi connectivity index (χ1n) is 9.72. The molecule has 0 atom stereocenters. The zero-order chi connectivity index (χ0) is 22.4. The van der Waals surface area contributed by atoms with E-state index >= 15 is 0 Å². The van der Waals surface area contributed by atoms with Crippen LogP contribution in [0.2, 0.25) is 0 Å². The lowest BCUT2D eigenvalue weighted by atomic mass is 10.1. The number of hydrogen-bond acceptors (Lipinski definition) is 6. The predicted molar refractivity (Wildman–Crippen MR) is 122 cm³/mol. The zero-order valence-corrected chi connectivity index (χ0v) is 19.3. The van der Waals surface area contributed by atoms with Gasteiger partial charge in [0.1, 0.15) is 5.75 Å². The molecule has 1 aromatic heterocycles. The van der Waals surface area contributed by atoms with E-state index in [4.69, 9.17) is 4.74 Å². The quantitative estimate of drug-likeness (QED) is 0.479. The number of amides is 1. The van der Waals surface area contributed by atoms with Crippen LogP contribution in [0.1, 0.15) is 15.4 Å². The third kappa shape index (κ3) is 6.13. The summed E-state index contributed by atoms with van der Waals surface area (Å²) in [6, 6.07) is 14.1. The van der Waals surface area contributed by atoms with Gasteiger partial charge in [0.05, 0.1) is 29.1 Å². The number of aryl methyl sites for hydroxylation is 2. The molecule has 164 valence electrons. The van der Waals surface area contributed by atoms with E-state index in [1.165, 1.54) is 30.6 Å². The van der Waals surface area contributed by atoms with E-state index in [9.17, 15) is 13.2 Å². The van der Waals surface area contributed by atoms with Crippen molar-refractivity contribution in [3.8, 4) is 17.0 Å². The smallest absolute Gasteiger partial charge is 0.240 e. The first-order chi connectivity index (χ1) is 14.8. The molecule has 2 N–H and O–H groups in total. The van der Waals surface area contributed by atoms with Crippen LogP contribution in [0.25, 0.3) is 11.3 Å². The van der Waals surface area contributed by atoms with E-state index in [1.54, 1.807) is 12.1 Å². The summed E-state index contributed by atoms with van der Waals surface area (Å²) in [5.74, 6) is 0.398. The van der Waals surface area contributed by atoms with Crippen molar-refractivity contribution in [2.45, 2.75) is 25.2 Å². The molecule has 0 aliphatic carbocycles. The number of carbonyl (C=O) groups is 1. The van der Waals surface area contributed by atoms with Crippen LogP contribution in [-0.2, 0) is 21.2 Å². The van der Waals surface area contributed by atoms with E-state index in [0.29, 0.717) is 5.75 Å². The van der Waals surface area contributed by atoms with E-state index < -0.39 is 10.0 Å². The lowest BCUT2D eigenvalue weighted by Gasteiger charge is -2.09. The first-order valence-corrected chi connectivity index (χ1v) is 12.0. The van der Waals surface area contributed by atoms with Crippen molar-refractivity contribution in [2.24, 2.45) is 0 Å². The Labute approximate surface area is 186 Å². The van der Waals surface area contributed by atoms with E-state index in [-0.39, 0.29) is 30.3 Å². The van der Waals surface area contributed by atoms with Gasteiger partial charge >= 0.3 is 0 Å². The Morgan fingerprint density at radius 1 is 1.03 bits per heavy atom. The van der Waals surface area contributed by atoms with Gasteiger partial charge in [-0.25, -0.2) is 18.1 Å². The normalized spacial score (nSPS) is 11.3. The standard InChI is InChI=1S/C22H25N3O4S2/c1-15-4-6-17(7-5-15)22-20(30-16(2)25-22)14-21(26)23-12-13-24-31(27,28)19-10-8-18(29-3)9-11-19/h4-11,24H,12-14H2,1-3H3,(H,23,26). The van der Waals surface area contributed by atoms with Crippen molar-refractivity contribution >= 4 is 27.3 Å². The Morgan fingerprint density at radius 2 is 1.71 bits per heavy atom. The second-order valence-corrected chi connectivity index (χ2v) is 10.0. The molecule has 1 amide bonds. The maximum absolute atomic E-state index is 12.4. The largest absolute Gasteiger partial charge is 0.497 e. The van der Waals surface area contributed by atoms with Gasteiger partial charge in [0.25, 0.3) is 0 Å². The van der Waals surface area contributed by atoms with E-state index in [1.807, 2.05) is 38.1 Å². The van der Waals surface area contributed by atoms with Crippen LogP contribution in [0.3, 0.4) is 0 Å². The third-order valence-corrected chi connectivity index (χ3v) is 7.01. The average molecular weight is 460 g/mol. The highest BCUT2D eigenvalue weighted by Gasteiger charge is 2.16. The Hall–Kier alpha value is -2.75. The summed E-state index contributed by atoms with van der Waals surface area (Å²) in [5, 5.41) is 3.66. The summed E-state index contributed by atoms with van der Waals surface area (Å²) >= 11 is 1.49. The molecule has 0 aliphatic heterocycles. The second kappa shape index (κ2) is 10.0. The molecular formula is C22H25N3O4S2. The summed E-state index contributed by atoms with van der Waals surface area (Å²) in [4.78, 5) is 18.0. The molecule has 31 heavy (non-hydrogen) atoms. The maximum atomic E-state index is 12.4. The SMILES string of the molecule is COc1ccc(S(=O)(=O)NCCNC(=O)Cc2sc(C)nc2-c2ccc(C)cc2)cc1. The lowest BCUT2D eigenvalue weighted by Crippen LogP contribution is -2.35. The van der Waals surface area contributed by atoms with Gasteiger partial charge in [0.2, 0.25) is 15.9 Å². The minimum Gasteiger partial charge on any atom is -0.497 e. The molecule has 0 spiro atoms. The highest BCUT2D eigenvalue weighted by molar-refractivity contribution is 7.89. The Kier molecular flexibility index (Phi) is 7.42. The van der Waals surface area contributed by atoms with Crippen LogP contribution in [0.15, 0.2) is 53.4 Å². The number of carbonyl (C=O) groups excluding carboxylic acids is 1. The molecule has 0 radical (unpaired) electrons. The van der Waals surface area contributed by atoms with Crippen molar-refractivity contribution < 1.29 is 17.9 Å². The number of rotatable bonds is 9. The molecule has 0 saturated carbocycles. The van der Waals surface area contributed by atoms with Crippen molar-refractivity contribution in [3.63, 3.8) is 0 Å². The van der Waals surface area contributed by atoms with E-state index in [2.05, 4.69) is 15.0 Å². The number of methoxy groups -OCH3 is 1. The summed E-state index contributed by atoms with van der Waals surface area (Å²) in [6.45, 7) is 4.21. The number of ether oxygens (including phenoxy) is 1. The second-order valence-electron chi connectivity index (χ2n) is 6.97. The van der Waals surface area contributed by atoms with Gasteiger partial charge in [-0.2, -0.15) is 0 Å². The highest BCUT2D eigenvalue weighted by atomic mass is 32.2. The van der Waals surface area contributed by atoms with Gasteiger partial charge in [-0.15, -0.1) is 11.3 Å². The summed E-state index contributed by atoms with van der Waals surface area (Å²) in [5.41, 5.74) is 2.95. The van der Waals surface area contributed by atoms with Crippen LogP contribution in [0.4, 0.5) is 0 Å². The van der Waals surface area contributed by atoms with Crippen molar-refractivity contribution in [2.75, 3.05) is 20.2 Å². The van der Waals surface area contributed by atoms with Crippen LogP contribution in [-0.4, -0.2) is 39.5 Å². The van der Waals surface area contributed by atoms with Crippen molar-refractivity contribution in [1.82, 2.24) is 15.0 Å². The fourth-order valence-electron chi connectivity index (χ4n) is 2.96. The van der Waals surface area contributed by atoms with Gasteiger partial charge in [0, 0.05) is 23.5 Å². The molecule has 0 saturated heterocycles. The summed E-state index contributed by atoms with van der Waals surface area (Å²) in [7, 11) is -2.13. The molecule has 9 heteroatoms. The van der Waals surface area contributed by atoms with Gasteiger partial charge in [-0.05, 0) is 38.1 Å². The molecular weight excluding hydrogens is 434 g/mol. The monoisotopic (exact) mass is 459 g/mol. The van der Waals surface area contributed by atoms with Crippen molar-refractivity contribution in [3.05, 3.63) is 64.0 Å². The predicted octanol–water partition coefficient (Wildman–Crippen LogP) is 3.07. The van der Waals surface area contributed by atoms with Crippen LogP contribution in [0.5, 0.6) is 5.75 Å². The Bertz CT molecular complexity index is 1140. The fraction of sp³-hybridized carbons (Fsp3) is 0.273. The maximum Gasteiger partial charge on any atom is 0.240 e. The molecule has 2 aromatic carbocycles. The average Bonchev–Trinajstić information content (AvgIpc) is 3.11. The number of aromatic nitrogens is 1. The van der Waals surface area contributed by atoms with Gasteiger partial charge < -0.3 is 10.1 Å². The number of benzene rings is 2. The number of nitrogens with one attached hydrogen (secondary N) is 2. The van der Waals surface area contributed by atoms with Crippen LogP contribution in [0, 0.1) is 13.8 Å². The minimum absolute atomic E-state index is 0.0899. The van der Waals surface area contributed by atoms with Crippen LogP contribution < -0.4 is 14.8 Å². The molecule has 0 aliphatic rings. The molecule has 0 fully saturated rings. The van der Waals surface area contributed by atoms with Gasteiger partial charge in [0.15, 0.2) is 0 Å². The molecule has 0 bridgehead atoms. The van der Waals surface area contributed by atoms with Crippen molar-refractivity contribution in [1.29, 1.82) is 0 Å². The van der Waals surface area contributed by atoms with Crippen LogP contribution >= 0.6 is 11.3 Å². The Balaban J connectivity index is 1.53. The first kappa shape index (κ1) is 22.9. The summed E-state index contributed by atoms with van der Waals surface area (Å²) < 4.78 is 32.2. The van der Waals surface area contributed by atoms with E-state index in [0.717, 1.165) is 26.7 Å². The fourth-order valence-corrected chi connectivity index (χ4v) is 4.95.